The fourth-order valence-corrected chi connectivity index (χ4v) is 4.24. The second-order valence-electron chi connectivity index (χ2n) is 6.13. The zero-order valence-corrected chi connectivity index (χ0v) is 16.4. The molecular formula is C20H17NO4S2. The number of nitrogens with zero attached hydrogens (tertiary/aromatic N) is 1. The van der Waals surface area contributed by atoms with Crippen molar-refractivity contribution < 1.29 is 18.7 Å². The largest absolute Gasteiger partial charge is 0.493 e. The molecule has 7 heteroatoms. The minimum absolute atomic E-state index is 0.120. The Morgan fingerprint density at radius 1 is 1.33 bits per heavy atom. The van der Waals surface area contributed by atoms with Gasteiger partial charge in [0.25, 0.3) is 5.91 Å². The van der Waals surface area contributed by atoms with E-state index in [1.54, 1.807) is 24.3 Å². The van der Waals surface area contributed by atoms with E-state index < -0.39 is 0 Å². The summed E-state index contributed by atoms with van der Waals surface area (Å²) in [5.41, 5.74) is 1.83. The van der Waals surface area contributed by atoms with Crippen molar-refractivity contribution in [2.45, 2.75) is 19.6 Å². The average molecular weight is 399 g/mol. The van der Waals surface area contributed by atoms with Gasteiger partial charge in [-0.05, 0) is 42.8 Å². The molecule has 1 aromatic carbocycles. The summed E-state index contributed by atoms with van der Waals surface area (Å²) in [6, 6.07) is 9.35. The second kappa shape index (κ2) is 7.25. The Hall–Kier alpha value is -2.51. The minimum Gasteiger partial charge on any atom is -0.493 e. The molecule has 4 rings (SSSR count). The first-order valence-corrected chi connectivity index (χ1v) is 9.62. The van der Waals surface area contributed by atoms with Gasteiger partial charge >= 0.3 is 0 Å². The maximum absolute atomic E-state index is 12.8. The van der Waals surface area contributed by atoms with Gasteiger partial charge in [0.15, 0.2) is 11.5 Å². The highest BCUT2D eigenvalue weighted by Crippen LogP contribution is 2.40. The normalized spacial score (nSPS) is 20.5. The van der Waals surface area contributed by atoms with Crippen LogP contribution in [0.4, 0.5) is 0 Å². The van der Waals surface area contributed by atoms with Gasteiger partial charge in [-0.3, -0.25) is 9.69 Å². The Kier molecular flexibility index (Phi) is 4.80. The second-order valence-corrected chi connectivity index (χ2v) is 7.81. The highest BCUT2D eigenvalue weighted by Gasteiger charge is 2.33. The van der Waals surface area contributed by atoms with Crippen molar-refractivity contribution in [2.75, 3.05) is 7.11 Å². The average Bonchev–Trinajstić information content (AvgIpc) is 3.26. The summed E-state index contributed by atoms with van der Waals surface area (Å²) in [5.74, 6) is 1.99. The number of para-hydroxylation sites is 1. The number of furan rings is 1. The molecule has 2 aliphatic heterocycles. The summed E-state index contributed by atoms with van der Waals surface area (Å²) >= 11 is 6.67. The van der Waals surface area contributed by atoms with Gasteiger partial charge in [0, 0.05) is 5.56 Å². The van der Waals surface area contributed by atoms with Crippen molar-refractivity contribution in [3.8, 4) is 11.5 Å². The number of amides is 1. The van der Waals surface area contributed by atoms with E-state index in [4.69, 9.17) is 26.1 Å². The molecule has 5 nitrogen and oxygen atoms in total. The van der Waals surface area contributed by atoms with E-state index in [1.807, 2.05) is 43.3 Å². The number of thiocarbonyl (C=S) groups is 1. The van der Waals surface area contributed by atoms with E-state index in [0.29, 0.717) is 27.3 Å². The van der Waals surface area contributed by atoms with Gasteiger partial charge in [0.05, 0.1) is 24.8 Å². The maximum Gasteiger partial charge on any atom is 0.266 e. The van der Waals surface area contributed by atoms with Crippen LogP contribution in [0.15, 0.2) is 57.6 Å². The number of ether oxygens (including phenoxy) is 2. The molecule has 1 saturated heterocycles. The molecule has 3 heterocycles. The number of hydrogen-bond acceptors (Lipinski definition) is 6. The number of benzene rings is 1. The van der Waals surface area contributed by atoms with Crippen LogP contribution in [-0.4, -0.2) is 28.3 Å². The van der Waals surface area contributed by atoms with Crippen molar-refractivity contribution in [2.24, 2.45) is 0 Å². The van der Waals surface area contributed by atoms with Gasteiger partial charge in [0.1, 0.15) is 16.2 Å². The first-order valence-electron chi connectivity index (χ1n) is 8.40. The summed E-state index contributed by atoms with van der Waals surface area (Å²) in [7, 11) is 1.62. The quantitative estimate of drug-likeness (QED) is 0.561. The van der Waals surface area contributed by atoms with E-state index in [9.17, 15) is 4.79 Å². The summed E-state index contributed by atoms with van der Waals surface area (Å²) in [6.45, 7) is 2.28. The zero-order valence-electron chi connectivity index (χ0n) is 14.8. The molecule has 1 unspecified atom stereocenters. The SMILES string of the molecule is COc1cccc2c1OC(C)C(/C=C1\SC(=S)N(Cc3ccco3)C1=O)=C2. The number of hydrogen-bond donors (Lipinski definition) is 0. The van der Waals surface area contributed by atoms with E-state index in [2.05, 4.69) is 0 Å². The predicted molar refractivity (Wildman–Crippen MR) is 109 cm³/mol. The third-order valence-electron chi connectivity index (χ3n) is 4.38. The molecule has 27 heavy (non-hydrogen) atoms. The number of fused-ring (bicyclic) bond motifs is 1. The summed E-state index contributed by atoms with van der Waals surface area (Å²) in [5, 5.41) is 0. The minimum atomic E-state index is -0.206. The Morgan fingerprint density at radius 3 is 2.93 bits per heavy atom. The Morgan fingerprint density at radius 2 is 2.19 bits per heavy atom. The van der Waals surface area contributed by atoms with Crippen molar-refractivity contribution in [1.82, 2.24) is 4.90 Å². The molecule has 0 radical (unpaired) electrons. The Balaban J connectivity index is 1.62. The van der Waals surface area contributed by atoms with E-state index >= 15 is 0 Å². The number of carbonyl (C=O) groups excluding carboxylic acids is 1. The molecule has 0 spiro atoms. The van der Waals surface area contributed by atoms with E-state index in [1.165, 1.54) is 11.8 Å². The Bertz CT molecular complexity index is 962. The molecule has 2 aromatic rings. The first-order chi connectivity index (χ1) is 13.1. The topological polar surface area (TPSA) is 51.9 Å². The monoisotopic (exact) mass is 399 g/mol. The molecule has 0 aliphatic carbocycles. The van der Waals surface area contributed by atoms with Crippen LogP contribution in [0, 0.1) is 0 Å². The van der Waals surface area contributed by atoms with Gasteiger partial charge in [-0.25, -0.2) is 0 Å². The smallest absolute Gasteiger partial charge is 0.266 e. The molecule has 2 aliphatic rings. The van der Waals surface area contributed by atoms with Crippen molar-refractivity contribution >= 4 is 40.3 Å². The lowest BCUT2D eigenvalue weighted by Gasteiger charge is -2.24. The third-order valence-corrected chi connectivity index (χ3v) is 5.76. The molecule has 138 valence electrons. The molecule has 0 bridgehead atoms. The zero-order chi connectivity index (χ0) is 19.0. The number of carbonyl (C=O) groups is 1. The van der Waals surface area contributed by atoms with Crippen molar-refractivity contribution in [3.63, 3.8) is 0 Å². The number of rotatable bonds is 4. The summed E-state index contributed by atoms with van der Waals surface area (Å²) in [4.78, 5) is 14.9. The highest BCUT2D eigenvalue weighted by atomic mass is 32.2. The van der Waals surface area contributed by atoms with Crippen LogP contribution >= 0.6 is 24.0 Å². The van der Waals surface area contributed by atoms with Gasteiger partial charge in [-0.2, -0.15) is 0 Å². The van der Waals surface area contributed by atoms with Crippen LogP contribution in [0.2, 0.25) is 0 Å². The fourth-order valence-electron chi connectivity index (χ4n) is 2.98. The number of methoxy groups -OCH3 is 1. The summed E-state index contributed by atoms with van der Waals surface area (Å²) in [6.07, 6.45) is 5.25. The van der Waals surface area contributed by atoms with Crippen molar-refractivity contribution in [3.05, 3.63) is 64.5 Å². The molecule has 1 amide bonds. The van der Waals surface area contributed by atoms with Crippen LogP contribution in [0.1, 0.15) is 18.2 Å². The predicted octanol–water partition coefficient (Wildman–Crippen LogP) is 4.40. The number of thioether (sulfide) groups is 1. The highest BCUT2D eigenvalue weighted by molar-refractivity contribution is 8.26. The standard InChI is InChI=1S/C20H17NO4S2/c1-12-14(9-13-5-3-7-16(23-2)18(13)25-12)10-17-19(22)21(20(26)27-17)11-15-6-4-8-24-15/h3-10,12H,11H2,1-2H3/b17-10-. The van der Waals surface area contributed by atoms with Gasteiger partial charge < -0.3 is 13.9 Å². The lowest BCUT2D eigenvalue weighted by molar-refractivity contribution is -0.122. The maximum atomic E-state index is 12.8. The van der Waals surface area contributed by atoms with Gasteiger partial charge in [-0.15, -0.1) is 0 Å². The third kappa shape index (κ3) is 3.40. The molecule has 0 saturated carbocycles. The Labute approximate surface area is 166 Å². The fraction of sp³-hybridized carbons (Fsp3) is 0.200. The van der Waals surface area contributed by atoms with Crippen LogP contribution in [0.3, 0.4) is 0 Å². The van der Waals surface area contributed by atoms with E-state index in [-0.39, 0.29) is 12.0 Å². The molecular weight excluding hydrogens is 382 g/mol. The molecule has 1 atom stereocenters. The molecule has 0 N–H and O–H groups in total. The van der Waals surface area contributed by atoms with Crippen LogP contribution < -0.4 is 9.47 Å². The first kappa shape index (κ1) is 17.9. The lowest BCUT2D eigenvalue weighted by Crippen LogP contribution is -2.27. The van der Waals surface area contributed by atoms with Crippen molar-refractivity contribution in [1.29, 1.82) is 0 Å². The van der Waals surface area contributed by atoms with Crippen LogP contribution in [0.5, 0.6) is 11.5 Å². The lowest BCUT2D eigenvalue weighted by atomic mass is 10.0. The van der Waals surface area contributed by atoms with E-state index in [0.717, 1.165) is 16.9 Å². The van der Waals surface area contributed by atoms with Crippen LogP contribution in [0.25, 0.3) is 6.08 Å². The van der Waals surface area contributed by atoms with Gasteiger partial charge in [-0.1, -0.05) is 36.1 Å². The molecule has 1 fully saturated rings. The van der Waals surface area contributed by atoms with Crippen LogP contribution in [-0.2, 0) is 11.3 Å². The van der Waals surface area contributed by atoms with Gasteiger partial charge in [0.2, 0.25) is 0 Å². The molecule has 1 aromatic heterocycles. The summed E-state index contributed by atoms with van der Waals surface area (Å²) < 4.78 is 17.2.